The predicted molar refractivity (Wildman–Crippen MR) is 83.5 cm³/mol. The average molecular weight is 418 g/mol. The fraction of sp³-hybridized carbons (Fsp3) is 0. The molecule has 18 heavy (non-hydrogen) atoms. The molecule has 0 fully saturated rings. The zero-order valence-corrected chi connectivity index (χ0v) is 12.9. The highest BCUT2D eigenvalue weighted by Gasteiger charge is 2.09. The Kier molecular flexibility index (Phi) is 4.18. The molecular formula is C12H9BrIN3O. The first kappa shape index (κ1) is 13.3. The second-order valence-electron chi connectivity index (χ2n) is 3.56. The van der Waals surface area contributed by atoms with Crippen LogP contribution < -0.4 is 11.1 Å². The molecule has 0 aliphatic heterocycles. The van der Waals surface area contributed by atoms with Crippen LogP contribution in [0.2, 0.25) is 0 Å². The summed E-state index contributed by atoms with van der Waals surface area (Å²) >= 11 is 5.46. The summed E-state index contributed by atoms with van der Waals surface area (Å²) in [4.78, 5) is 16.1. The molecule has 1 aromatic heterocycles. The molecule has 1 amide bonds. The average Bonchev–Trinajstić information content (AvgIpc) is 2.32. The highest BCUT2D eigenvalue weighted by molar-refractivity contribution is 14.1. The van der Waals surface area contributed by atoms with Crippen LogP contribution in [0.3, 0.4) is 0 Å². The number of carbonyl (C=O) groups is 1. The number of hydrogen-bond acceptors (Lipinski definition) is 3. The molecule has 2 rings (SSSR count). The topological polar surface area (TPSA) is 68.0 Å². The van der Waals surface area contributed by atoms with Crippen LogP contribution in [0.25, 0.3) is 0 Å². The number of aromatic nitrogens is 1. The summed E-state index contributed by atoms with van der Waals surface area (Å²) in [6, 6.07) is 9.01. The van der Waals surface area contributed by atoms with Crippen LogP contribution in [0.1, 0.15) is 10.4 Å². The number of pyridine rings is 1. The number of nitrogens with zero attached hydrogens (tertiary/aromatic N) is 1. The lowest BCUT2D eigenvalue weighted by molar-refractivity contribution is 0.102. The third kappa shape index (κ3) is 3.20. The number of carbonyl (C=O) groups excluding carboxylic acids is 1. The third-order valence-electron chi connectivity index (χ3n) is 2.18. The molecule has 0 aliphatic carbocycles. The number of nitrogens with two attached hydrogens (primary N) is 1. The fourth-order valence-electron chi connectivity index (χ4n) is 1.35. The van der Waals surface area contributed by atoms with Crippen molar-refractivity contribution in [3.63, 3.8) is 0 Å². The highest BCUT2D eigenvalue weighted by Crippen LogP contribution is 2.22. The van der Waals surface area contributed by atoms with Gasteiger partial charge in [0, 0.05) is 9.13 Å². The third-order valence-corrected chi connectivity index (χ3v) is 3.46. The molecule has 2 aromatic rings. The lowest BCUT2D eigenvalue weighted by Gasteiger charge is -2.07. The Bertz CT molecular complexity index is 604. The first-order valence-electron chi connectivity index (χ1n) is 5.04. The quantitative estimate of drug-likeness (QED) is 0.736. The van der Waals surface area contributed by atoms with Gasteiger partial charge in [0.05, 0.1) is 16.4 Å². The van der Waals surface area contributed by atoms with Crippen LogP contribution in [-0.2, 0) is 0 Å². The molecule has 1 aromatic carbocycles. The largest absolute Gasteiger partial charge is 0.397 e. The summed E-state index contributed by atoms with van der Waals surface area (Å²) in [6.07, 6.45) is 1.50. The van der Waals surface area contributed by atoms with E-state index in [1.54, 1.807) is 18.2 Å². The van der Waals surface area contributed by atoms with Gasteiger partial charge < -0.3 is 11.1 Å². The molecule has 1 heterocycles. The zero-order chi connectivity index (χ0) is 13.1. The number of halogens is 2. The van der Waals surface area contributed by atoms with E-state index >= 15 is 0 Å². The van der Waals surface area contributed by atoms with Crippen LogP contribution in [0, 0.1) is 3.57 Å². The fourth-order valence-corrected chi connectivity index (χ4v) is 2.36. The Morgan fingerprint density at radius 1 is 1.39 bits per heavy atom. The van der Waals surface area contributed by atoms with Crippen LogP contribution in [0.15, 0.2) is 41.0 Å². The van der Waals surface area contributed by atoms with Crippen LogP contribution >= 0.6 is 38.5 Å². The van der Waals surface area contributed by atoms with Gasteiger partial charge in [-0.05, 0) is 62.8 Å². The van der Waals surface area contributed by atoms with E-state index in [1.165, 1.54) is 6.20 Å². The molecular weight excluding hydrogens is 409 g/mol. The van der Waals surface area contributed by atoms with Gasteiger partial charge in [0.25, 0.3) is 5.91 Å². The molecule has 0 radical (unpaired) electrons. The number of nitrogens with one attached hydrogen (secondary N) is 1. The number of anilines is 2. The smallest absolute Gasteiger partial charge is 0.256 e. The maximum Gasteiger partial charge on any atom is 0.256 e. The normalized spacial score (nSPS) is 10.1. The number of benzene rings is 1. The van der Waals surface area contributed by atoms with Gasteiger partial charge in [-0.3, -0.25) is 4.79 Å². The molecule has 0 bridgehead atoms. The Morgan fingerprint density at radius 2 is 2.17 bits per heavy atom. The van der Waals surface area contributed by atoms with E-state index in [0.29, 0.717) is 21.5 Å². The standard InChI is InChI=1S/C12H9BrIN3O/c13-10-5-9(15)6-16-11(10)17-12(18)7-2-1-3-8(14)4-7/h1-6H,15H2,(H,16,17,18). The van der Waals surface area contributed by atoms with Gasteiger partial charge >= 0.3 is 0 Å². The SMILES string of the molecule is Nc1cnc(NC(=O)c2cccc(I)c2)c(Br)c1. The van der Waals surface area contributed by atoms with E-state index in [9.17, 15) is 4.79 Å². The van der Waals surface area contributed by atoms with Gasteiger partial charge in [-0.15, -0.1) is 0 Å². The second kappa shape index (κ2) is 5.66. The van der Waals surface area contributed by atoms with Crippen molar-refractivity contribution in [3.8, 4) is 0 Å². The number of rotatable bonds is 2. The van der Waals surface area contributed by atoms with Crippen molar-refractivity contribution in [1.82, 2.24) is 4.98 Å². The molecule has 0 saturated carbocycles. The number of hydrogen-bond donors (Lipinski definition) is 2. The highest BCUT2D eigenvalue weighted by atomic mass is 127. The van der Waals surface area contributed by atoms with Gasteiger partial charge in [-0.25, -0.2) is 4.98 Å². The van der Waals surface area contributed by atoms with Crippen molar-refractivity contribution in [1.29, 1.82) is 0 Å². The van der Waals surface area contributed by atoms with E-state index in [4.69, 9.17) is 5.73 Å². The summed E-state index contributed by atoms with van der Waals surface area (Å²) in [5.74, 6) is 0.250. The zero-order valence-electron chi connectivity index (χ0n) is 9.15. The van der Waals surface area contributed by atoms with E-state index in [2.05, 4.69) is 48.8 Å². The molecule has 0 unspecified atom stereocenters. The molecule has 0 saturated heterocycles. The van der Waals surface area contributed by atoms with Crippen LogP contribution in [-0.4, -0.2) is 10.9 Å². The minimum atomic E-state index is -0.202. The summed E-state index contributed by atoms with van der Waals surface area (Å²) in [5.41, 5.74) is 6.71. The van der Waals surface area contributed by atoms with Crippen molar-refractivity contribution < 1.29 is 4.79 Å². The van der Waals surface area contributed by atoms with Crippen molar-refractivity contribution in [3.05, 3.63) is 50.1 Å². The van der Waals surface area contributed by atoms with Crippen molar-refractivity contribution >= 4 is 55.9 Å². The predicted octanol–water partition coefficient (Wildman–Crippen LogP) is 3.28. The lowest BCUT2D eigenvalue weighted by Crippen LogP contribution is -2.13. The van der Waals surface area contributed by atoms with E-state index in [1.807, 2.05) is 12.1 Å². The summed E-state index contributed by atoms with van der Waals surface area (Å²) < 4.78 is 1.66. The minimum Gasteiger partial charge on any atom is -0.397 e. The Balaban J connectivity index is 2.21. The van der Waals surface area contributed by atoms with Gasteiger partial charge in [0.15, 0.2) is 0 Å². The summed E-state index contributed by atoms with van der Waals surface area (Å²) in [7, 11) is 0. The summed E-state index contributed by atoms with van der Waals surface area (Å²) in [5, 5.41) is 2.73. The Hall–Kier alpha value is -1.15. The minimum absolute atomic E-state index is 0.202. The van der Waals surface area contributed by atoms with Crippen LogP contribution in [0.5, 0.6) is 0 Å². The number of nitrogen functional groups attached to an aromatic ring is 1. The second-order valence-corrected chi connectivity index (χ2v) is 5.66. The molecule has 4 nitrogen and oxygen atoms in total. The van der Waals surface area contributed by atoms with E-state index in [-0.39, 0.29) is 5.91 Å². The Labute approximate surface area is 126 Å². The van der Waals surface area contributed by atoms with Crippen LogP contribution in [0.4, 0.5) is 11.5 Å². The first-order chi connectivity index (χ1) is 8.56. The van der Waals surface area contributed by atoms with Gasteiger partial charge in [0.2, 0.25) is 0 Å². The lowest BCUT2D eigenvalue weighted by atomic mass is 10.2. The molecule has 0 aliphatic rings. The number of amides is 1. The maximum absolute atomic E-state index is 12.0. The molecule has 3 N–H and O–H groups in total. The van der Waals surface area contributed by atoms with Gasteiger partial charge in [0.1, 0.15) is 5.82 Å². The molecule has 0 atom stereocenters. The monoisotopic (exact) mass is 417 g/mol. The maximum atomic E-state index is 12.0. The molecule has 92 valence electrons. The van der Waals surface area contributed by atoms with Crippen molar-refractivity contribution in [2.75, 3.05) is 11.1 Å². The Morgan fingerprint density at radius 3 is 2.83 bits per heavy atom. The van der Waals surface area contributed by atoms with Gasteiger partial charge in [-0.1, -0.05) is 6.07 Å². The molecule has 6 heteroatoms. The first-order valence-corrected chi connectivity index (χ1v) is 6.91. The summed E-state index contributed by atoms with van der Waals surface area (Å²) in [6.45, 7) is 0. The van der Waals surface area contributed by atoms with E-state index < -0.39 is 0 Å². The van der Waals surface area contributed by atoms with Crippen molar-refractivity contribution in [2.45, 2.75) is 0 Å². The molecule has 0 spiro atoms. The van der Waals surface area contributed by atoms with Gasteiger partial charge in [-0.2, -0.15) is 0 Å². The van der Waals surface area contributed by atoms with E-state index in [0.717, 1.165) is 3.57 Å². The van der Waals surface area contributed by atoms with Crippen molar-refractivity contribution in [2.24, 2.45) is 0 Å².